The average Bonchev–Trinajstić information content (AvgIpc) is 1.94. The molecule has 11 heavy (non-hydrogen) atoms. The Hall–Kier alpha value is 0.137. The fourth-order valence-electron chi connectivity index (χ4n) is 1.44. The SMILES string of the molecule is CCC1O[Si](C)(C)OCC1C. The lowest BCUT2D eigenvalue weighted by molar-refractivity contribution is 0.00702. The molecule has 0 amide bonds. The molecule has 2 atom stereocenters. The van der Waals surface area contributed by atoms with Crippen LogP contribution in [-0.2, 0) is 8.85 Å². The van der Waals surface area contributed by atoms with Crippen LogP contribution < -0.4 is 0 Å². The Bertz CT molecular complexity index is 136. The van der Waals surface area contributed by atoms with Crippen LogP contribution in [0.5, 0.6) is 0 Å². The molecule has 0 aromatic carbocycles. The van der Waals surface area contributed by atoms with Gasteiger partial charge in [-0.1, -0.05) is 13.8 Å². The van der Waals surface area contributed by atoms with Crippen molar-refractivity contribution in [3.05, 3.63) is 0 Å². The van der Waals surface area contributed by atoms with Gasteiger partial charge in [0.2, 0.25) is 0 Å². The second-order valence-corrected chi connectivity index (χ2v) is 7.08. The third kappa shape index (κ3) is 2.29. The van der Waals surface area contributed by atoms with Crippen molar-refractivity contribution in [1.82, 2.24) is 0 Å². The van der Waals surface area contributed by atoms with Crippen molar-refractivity contribution in [1.29, 1.82) is 0 Å². The Morgan fingerprint density at radius 2 is 2.09 bits per heavy atom. The fraction of sp³-hybridized carbons (Fsp3) is 1.00. The van der Waals surface area contributed by atoms with E-state index in [0.717, 1.165) is 13.0 Å². The third-order valence-electron chi connectivity index (χ3n) is 2.17. The van der Waals surface area contributed by atoms with E-state index in [1.54, 1.807) is 0 Å². The molecule has 2 nitrogen and oxygen atoms in total. The van der Waals surface area contributed by atoms with Crippen LogP contribution in [0.3, 0.4) is 0 Å². The largest absolute Gasteiger partial charge is 0.394 e. The van der Waals surface area contributed by atoms with Gasteiger partial charge in [0.25, 0.3) is 0 Å². The number of rotatable bonds is 1. The average molecular weight is 174 g/mol. The molecule has 0 saturated carbocycles. The first-order valence-electron chi connectivity index (χ1n) is 4.37. The van der Waals surface area contributed by atoms with Gasteiger partial charge in [-0.05, 0) is 19.5 Å². The van der Waals surface area contributed by atoms with Crippen molar-refractivity contribution in [3.8, 4) is 0 Å². The maximum Gasteiger partial charge on any atom is 0.331 e. The molecule has 0 aromatic heterocycles. The Morgan fingerprint density at radius 1 is 1.45 bits per heavy atom. The summed E-state index contributed by atoms with van der Waals surface area (Å²) in [6.07, 6.45) is 1.55. The molecule has 1 saturated heterocycles. The quantitative estimate of drug-likeness (QED) is 0.567. The van der Waals surface area contributed by atoms with Crippen LogP contribution in [-0.4, -0.2) is 21.3 Å². The summed E-state index contributed by atoms with van der Waals surface area (Å²) in [6, 6.07) is 0. The highest BCUT2D eigenvalue weighted by atomic mass is 28.4. The van der Waals surface area contributed by atoms with E-state index in [2.05, 4.69) is 26.9 Å². The summed E-state index contributed by atoms with van der Waals surface area (Å²) < 4.78 is 11.5. The van der Waals surface area contributed by atoms with Crippen molar-refractivity contribution >= 4 is 8.56 Å². The highest BCUT2D eigenvalue weighted by Crippen LogP contribution is 2.24. The summed E-state index contributed by atoms with van der Waals surface area (Å²) in [4.78, 5) is 0. The molecule has 66 valence electrons. The smallest absolute Gasteiger partial charge is 0.331 e. The van der Waals surface area contributed by atoms with Crippen LogP contribution in [0.15, 0.2) is 0 Å². The zero-order valence-electron chi connectivity index (χ0n) is 7.89. The molecule has 1 aliphatic rings. The van der Waals surface area contributed by atoms with Gasteiger partial charge in [0, 0.05) is 12.5 Å². The molecule has 0 aromatic rings. The van der Waals surface area contributed by atoms with Crippen molar-refractivity contribution < 1.29 is 8.85 Å². The lowest BCUT2D eigenvalue weighted by atomic mass is 10.0. The predicted molar refractivity (Wildman–Crippen MR) is 47.8 cm³/mol. The zero-order valence-corrected chi connectivity index (χ0v) is 8.89. The molecule has 3 heteroatoms. The van der Waals surface area contributed by atoms with Crippen LogP contribution >= 0.6 is 0 Å². The zero-order chi connectivity index (χ0) is 8.48. The monoisotopic (exact) mass is 174 g/mol. The summed E-state index contributed by atoms with van der Waals surface area (Å²) >= 11 is 0. The van der Waals surface area contributed by atoms with E-state index in [4.69, 9.17) is 8.85 Å². The number of hydrogen-bond donors (Lipinski definition) is 0. The van der Waals surface area contributed by atoms with E-state index in [1.165, 1.54) is 0 Å². The minimum absolute atomic E-state index is 0.436. The first kappa shape index (κ1) is 9.23. The van der Waals surface area contributed by atoms with Crippen LogP contribution in [0.25, 0.3) is 0 Å². The molecule has 1 rings (SSSR count). The van der Waals surface area contributed by atoms with Crippen LogP contribution in [0, 0.1) is 5.92 Å². The van der Waals surface area contributed by atoms with Gasteiger partial charge in [-0.3, -0.25) is 0 Å². The maximum absolute atomic E-state index is 5.85. The lowest BCUT2D eigenvalue weighted by Gasteiger charge is -2.38. The molecule has 1 fully saturated rings. The van der Waals surface area contributed by atoms with Gasteiger partial charge in [0.15, 0.2) is 0 Å². The topological polar surface area (TPSA) is 18.5 Å². The Kier molecular flexibility index (Phi) is 2.73. The predicted octanol–water partition coefficient (Wildman–Crippen LogP) is 2.15. The Morgan fingerprint density at radius 3 is 2.55 bits per heavy atom. The van der Waals surface area contributed by atoms with Crippen LogP contribution in [0.1, 0.15) is 20.3 Å². The Labute approximate surface area is 70.1 Å². The first-order valence-corrected chi connectivity index (χ1v) is 7.18. The summed E-state index contributed by atoms with van der Waals surface area (Å²) in [7, 11) is -1.72. The third-order valence-corrected chi connectivity index (χ3v) is 3.90. The maximum atomic E-state index is 5.85. The minimum atomic E-state index is -1.72. The van der Waals surface area contributed by atoms with Gasteiger partial charge in [-0.15, -0.1) is 0 Å². The van der Waals surface area contributed by atoms with E-state index in [-0.39, 0.29) is 0 Å². The molecule has 0 spiro atoms. The van der Waals surface area contributed by atoms with Crippen molar-refractivity contribution in [2.24, 2.45) is 5.92 Å². The normalized spacial score (nSPS) is 37.1. The summed E-state index contributed by atoms with van der Waals surface area (Å²) in [5.74, 6) is 0.570. The molecular formula is C8H18O2Si. The Balaban J connectivity index is 2.51. The molecule has 0 aliphatic carbocycles. The minimum Gasteiger partial charge on any atom is -0.394 e. The standard InChI is InChI=1S/C8H18O2Si/c1-5-8-7(2)6-9-11(3,4)10-8/h7-8H,5-6H2,1-4H3. The van der Waals surface area contributed by atoms with Gasteiger partial charge in [-0.25, -0.2) is 0 Å². The second-order valence-electron chi connectivity index (χ2n) is 3.75. The van der Waals surface area contributed by atoms with Gasteiger partial charge >= 0.3 is 8.56 Å². The van der Waals surface area contributed by atoms with E-state index >= 15 is 0 Å². The second kappa shape index (κ2) is 3.25. The highest BCUT2D eigenvalue weighted by Gasteiger charge is 2.35. The first-order chi connectivity index (χ1) is 5.05. The lowest BCUT2D eigenvalue weighted by Crippen LogP contribution is -2.48. The van der Waals surface area contributed by atoms with E-state index < -0.39 is 8.56 Å². The van der Waals surface area contributed by atoms with Crippen LogP contribution in [0.4, 0.5) is 0 Å². The highest BCUT2D eigenvalue weighted by molar-refractivity contribution is 6.64. The number of hydrogen-bond acceptors (Lipinski definition) is 2. The molecular weight excluding hydrogens is 156 g/mol. The summed E-state index contributed by atoms with van der Waals surface area (Å²) in [5, 5.41) is 0. The molecule has 1 heterocycles. The van der Waals surface area contributed by atoms with E-state index in [1.807, 2.05) is 0 Å². The van der Waals surface area contributed by atoms with Gasteiger partial charge in [0.05, 0.1) is 6.10 Å². The fourth-order valence-corrected chi connectivity index (χ4v) is 3.30. The van der Waals surface area contributed by atoms with Crippen molar-refractivity contribution in [3.63, 3.8) is 0 Å². The van der Waals surface area contributed by atoms with Gasteiger partial charge < -0.3 is 8.85 Å². The summed E-state index contributed by atoms with van der Waals surface area (Å²) in [5.41, 5.74) is 0. The van der Waals surface area contributed by atoms with Gasteiger partial charge in [0.1, 0.15) is 0 Å². The molecule has 0 radical (unpaired) electrons. The molecule has 0 bridgehead atoms. The molecule has 1 aliphatic heterocycles. The van der Waals surface area contributed by atoms with Crippen molar-refractivity contribution in [2.75, 3.05) is 6.61 Å². The molecule has 2 unspecified atom stereocenters. The van der Waals surface area contributed by atoms with Crippen molar-refractivity contribution in [2.45, 2.75) is 39.5 Å². The molecule has 0 N–H and O–H groups in total. The van der Waals surface area contributed by atoms with E-state index in [0.29, 0.717) is 12.0 Å². The summed E-state index contributed by atoms with van der Waals surface area (Å²) in [6.45, 7) is 9.48. The van der Waals surface area contributed by atoms with Crippen LogP contribution in [0.2, 0.25) is 13.1 Å². The van der Waals surface area contributed by atoms with Gasteiger partial charge in [-0.2, -0.15) is 0 Å². The van der Waals surface area contributed by atoms with E-state index in [9.17, 15) is 0 Å².